The highest BCUT2D eigenvalue weighted by atomic mass is 32.2. The van der Waals surface area contributed by atoms with Gasteiger partial charge < -0.3 is 10.6 Å². The van der Waals surface area contributed by atoms with Gasteiger partial charge in [-0.25, -0.2) is 21.6 Å². The predicted octanol–water partition coefficient (Wildman–Crippen LogP) is 0.367. The van der Waals surface area contributed by atoms with Gasteiger partial charge in [0.1, 0.15) is 4.90 Å². The molecule has 118 valence electrons. The summed E-state index contributed by atoms with van der Waals surface area (Å²) in [7, 11) is -2.46. The molecule has 1 aromatic carbocycles. The molecule has 1 heterocycles. The first-order valence-electron chi connectivity index (χ1n) is 6.33. The minimum absolute atomic E-state index is 0.0505. The van der Waals surface area contributed by atoms with Crippen LogP contribution in [0, 0.1) is 17.5 Å². The van der Waals surface area contributed by atoms with Crippen LogP contribution in [0.15, 0.2) is 17.0 Å². The Morgan fingerprint density at radius 3 is 2.52 bits per heavy atom. The maximum atomic E-state index is 13.8. The number of likely N-dealkylation sites (N-methyl/N-ethyl adjacent to an activating group) is 1. The molecule has 5 nitrogen and oxygen atoms in total. The number of benzene rings is 1. The van der Waals surface area contributed by atoms with E-state index in [1.165, 1.54) is 0 Å². The van der Waals surface area contributed by atoms with Crippen LogP contribution in [-0.4, -0.2) is 56.9 Å². The van der Waals surface area contributed by atoms with E-state index in [1.807, 2.05) is 11.9 Å². The van der Waals surface area contributed by atoms with Crippen molar-refractivity contribution in [3.8, 4) is 0 Å². The fourth-order valence-electron chi connectivity index (χ4n) is 2.34. The molecule has 1 fully saturated rings. The Bertz CT molecular complexity index is 639. The Kier molecular flexibility index (Phi) is 4.57. The summed E-state index contributed by atoms with van der Waals surface area (Å²) in [5.74, 6) is -4.93. The summed E-state index contributed by atoms with van der Waals surface area (Å²) in [4.78, 5) is 1.02. The van der Waals surface area contributed by atoms with Crippen LogP contribution in [0.5, 0.6) is 0 Å². The zero-order valence-corrected chi connectivity index (χ0v) is 12.2. The van der Waals surface area contributed by atoms with Gasteiger partial charge in [0.05, 0.1) is 6.04 Å². The molecule has 0 amide bonds. The summed E-state index contributed by atoms with van der Waals surface area (Å²) in [5.41, 5.74) is 5.56. The summed E-state index contributed by atoms with van der Waals surface area (Å²) >= 11 is 0. The van der Waals surface area contributed by atoms with Crippen molar-refractivity contribution in [1.29, 1.82) is 0 Å². The third kappa shape index (κ3) is 2.91. The Labute approximate surface area is 121 Å². The molecule has 1 atom stereocenters. The molecule has 0 spiro atoms. The van der Waals surface area contributed by atoms with Crippen LogP contribution < -0.4 is 5.73 Å². The number of sulfonamides is 1. The number of hydrogen-bond acceptors (Lipinski definition) is 4. The smallest absolute Gasteiger partial charge is 0.246 e. The molecule has 0 saturated carbocycles. The van der Waals surface area contributed by atoms with Crippen molar-refractivity contribution in [1.82, 2.24) is 9.21 Å². The molecule has 9 heteroatoms. The lowest BCUT2D eigenvalue weighted by molar-refractivity contribution is 0.163. The number of piperazine rings is 1. The molecular formula is C12H16F3N3O2S. The van der Waals surface area contributed by atoms with E-state index in [1.54, 1.807) is 0 Å². The number of hydrogen-bond donors (Lipinski definition) is 1. The van der Waals surface area contributed by atoms with Gasteiger partial charge in [0.25, 0.3) is 0 Å². The molecule has 21 heavy (non-hydrogen) atoms. The molecule has 2 N–H and O–H groups in total. The van der Waals surface area contributed by atoms with Gasteiger partial charge >= 0.3 is 0 Å². The largest absolute Gasteiger partial charge is 0.329 e. The van der Waals surface area contributed by atoms with E-state index in [9.17, 15) is 21.6 Å². The highest BCUT2D eigenvalue weighted by molar-refractivity contribution is 7.89. The van der Waals surface area contributed by atoms with E-state index < -0.39 is 38.4 Å². The van der Waals surface area contributed by atoms with Gasteiger partial charge in [0, 0.05) is 26.2 Å². The lowest BCUT2D eigenvalue weighted by Gasteiger charge is -2.38. The van der Waals surface area contributed by atoms with Gasteiger partial charge in [0.2, 0.25) is 10.0 Å². The Hall–Kier alpha value is -1.16. The topological polar surface area (TPSA) is 66.6 Å². The first kappa shape index (κ1) is 16.2. The normalized spacial score (nSPS) is 21.7. The van der Waals surface area contributed by atoms with Crippen molar-refractivity contribution >= 4 is 10.0 Å². The molecule has 0 aliphatic carbocycles. The monoisotopic (exact) mass is 323 g/mol. The molecule has 0 bridgehead atoms. The summed E-state index contributed by atoms with van der Waals surface area (Å²) in [6, 6.07) is 0.787. The van der Waals surface area contributed by atoms with Crippen molar-refractivity contribution < 1.29 is 21.6 Å². The average molecular weight is 323 g/mol. The quantitative estimate of drug-likeness (QED) is 0.816. The molecular weight excluding hydrogens is 307 g/mol. The lowest BCUT2D eigenvalue weighted by Crippen LogP contribution is -2.56. The predicted molar refractivity (Wildman–Crippen MR) is 70.5 cm³/mol. The maximum Gasteiger partial charge on any atom is 0.246 e. The third-order valence-corrected chi connectivity index (χ3v) is 5.46. The summed E-state index contributed by atoms with van der Waals surface area (Å²) in [6.45, 7) is 0.996. The van der Waals surface area contributed by atoms with Crippen LogP contribution in [0.1, 0.15) is 0 Å². The first-order chi connectivity index (χ1) is 9.78. The molecule has 2 rings (SSSR count). The van der Waals surface area contributed by atoms with Gasteiger partial charge in [-0.05, 0) is 19.2 Å². The summed E-state index contributed by atoms with van der Waals surface area (Å²) in [6.07, 6.45) is 0. The Morgan fingerprint density at radius 1 is 1.24 bits per heavy atom. The number of nitrogens with zero attached hydrogens (tertiary/aromatic N) is 2. The molecule has 1 aliphatic rings. The highest BCUT2D eigenvalue weighted by Gasteiger charge is 2.37. The number of rotatable bonds is 3. The summed E-state index contributed by atoms with van der Waals surface area (Å²) in [5, 5.41) is 0. The standard InChI is InChI=1S/C12H16F3N3O2S/c1-17-4-5-18(8(6-16)7-17)21(19,20)10-3-2-9(13)11(14)12(10)15/h2-3,8H,4-7,16H2,1H3. The molecule has 1 saturated heterocycles. The second-order valence-corrected chi connectivity index (χ2v) is 6.80. The van der Waals surface area contributed by atoms with Gasteiger partial charge in [-0.2, -0.15) is 4.31 Å². The van der Waals surface area contributed by atoms with E-state index in [4.69, 9.17) is 5.73 Å². The van der Waals surface area contributed by atoms with Crippen molar-refractivity contribution in [2.24, 2.45) is 5.73 Å². The zero-order chi connectivity index (χ0) is 15.8. The Morgan fingerprint density at radius 2 is 1.90 bits per heavy atom. The summed E-state index contributed by atoms with van der Waals surface area (Å²) < 4.78 is 65.9. The molecule has 1 unspecified atom stereocenters. The van der Waals surface area contributed by atoms with Crippen LogP contribution in [0.4, 0.5) is 13.2 Å². The van der Waals surface area contributed by atoms with Gasteiger partial charge in [-0.15, -0.1) is 0 Å². The first-order valence-corrected chi connectivity index (χ1v) is 7.77. The second kappa shape index (κ2) is 5.91. The minimum Gasteiger partial charge on any atom is -0.329 e. The third-order valence-electron chi connectivity index (χ3n) is 3.49. The fraction of sp³-hybridized carbons (Fsp3) is 0.500. The minimum atomic E-state index is -4.27. The van der Waals surface area contributed by atoms with Gasteiger partial charge in [0.15, 0.2) is 17.5 Å². The van der Waals surface area contributed by atoms with Crippen LogP contribution in [0.2, 0.25) is 0 Å². The zero-order valence-electron chi connectivity index (χ0n) is 11.4. The lowest BCUT2D eigenvalue weighted by atomic mass is 10.2. The van der Waals surface area contributed by atoms with E-state index in [0.717, 1.165) is 10.4 Å². The fourth-order valence-corrected chi connectivity index (χ4v) is 4.01. The highest BCUT2D eigenvalue weighted by Crippen LogP contribution is 2.25. The van der Waals surface area contributed by atoms with Gasteiger partial charge in [-0.1, -0.05) is 0 Å². The molecule has 1 aromatic rings. The Balaban J connectivity index is 2.44. The van der Waals surface area contributed by atoms with Crippen molar-refractivity contribution in [3.05, 3.63) is 29.6 Å². The van der Waals surface area contributed by atoms with Crippen molar-refractivity contribution in [2.75, 3.05) is 33.2 Å². The second-order valence-electron chi connectivity index (χ2n) is 4.94. The van der Waals surface area contributed by atoms with Gasteiger partial charge in [-0.3, -0.25) is 0 Å². The molecule has 0 radical (unpaired) electrons. The van der Waals surface area contributed by atoms with Crippen LogP contribution in [0.25, 0.3) is 0 Å². The molecule has 0 aromatic heterocycles. The van der Waals surface area contributed by atoms with Crippen LogP contribution in [0.3, 0.4) is 0 Å². The van der Waals surface area contributed by atoms with Crippen LogP contribution in [-0.2, 0) is 10.0 Å². The molecule has 1 aliphatic heterocycles. The van der Waals surface area contributed by atoms with Crippen molar-refractivity contribution in [2.45, 2.75) is 10.9 Å². The van der Waals surface area contributed by atoms with E-state index in [2.05, 4.69) is 0 Å². The number of nitrogens with two attached hydrogens (primary N) is 1. The van der Waals surface area contributed by atoms with E-state index in [-0.39, 0.29) is 13.1 Å². The van der Waals surface area contributed by atoms with E-state index in [0.29, 0.717) is 19.2 Å². The SMILES string of the molecule is CN1CCN(S(=O)(=O)c2ccc(F)c(F)c2F)C(CN)C1. The van der Waals surface area contributed by atoms with Crippen molar-refractivity contribution in [3.63, 3.8) is 0 Å². The maximum absolute atomic E-state index is 13.8. The number of halogens is 3. The average Bonchev–Trinajstić information content (AvgIpc) is 2.44. The van der Waals surface area contributed by atoms with Crippen LogP contribution >= 0.6 is 0 Å². The van der Waals surface area contributed by atoms with E-state index >= 15 is 0 Å².